The summed E-state index contributed by atoms with van der Waals surface area (Å²) >= 11 is 5.92. The van der Waals surface area contributed by atoms with E-state index in [1.165, 1.54) is 0 Å². The molecule has 8 nitrogen and oxygen atoms in total. The second kappa shape index (κ2) is 8.18. The molecule has 0 aromatic heterocycles. The smallest absolute Gasteiger partial charge is 0.325 e. The Morgan fingerprint density at radius 3 is 2.58 bits per heavy atom. The van der Waals surface area contributed by atoms with Gasteiger partial charge in [-0.1, -0.05) is 23.7 Å². The van der Waals surface area contributed by atoms with E-state index < -0.39 is 30.1 Å². The molecule has 1 aliphatic rings. The van der Waals surface area contributed by atoms with E-state index in [1.807, 2.05) is 0 Å². The Bertz CT molecular complexity index is 735. The molecule has 9 heteroatoms. The average molecular weight is 382 g/mol. The Morgan fingerprint density at radius 2 is 1.96 bits per heavy atom. The number of nitrogens with one attached hydrogen (secondary N) is 2. The van der Waals surface area contributed by atoms with E-state index >= 15 is 0 Å². The predicted molar refractivity (Wildman–Crippen MR) is 94.6 cm³/mol. The summed E-state index contributed by atoms with van der Waals surface area (Å²) in [5.41, 5.74) is -0.509. The van der Waals surface area contributed by atoms with Crippen molar-refractivity contribution in [3.05, 3.63) is 29.3 Å². The number of ether oxygens (including phenoxy) is 1. The van der Waals surface area contributed by atoms with Gasteiger partial charge in [-0.15, -0.1) is 0 Å². The number of imide groups is 1. The summed E-state index contributed by atoms with van der Waals surface area (Å²) in [5, 5.41) is 5.47. The van der Waals surface area contributed by atoms with Crippen LogP contribution in [0.3, 0.4) is 0 Å². The van der Waals surface area contributed by atoms with Gasteiger partial charge in [0.25, 0.3) is 11.8 Å². The Kier molecular flexibility index (Phi) is 6.20. The largest absolute Gasteiger partial charge is 0.456 e. The van der Waals surface area contributed by atoms with Gasteiger partial charge in [-0.05, 0) is 32.4 Å². The summed E-state index contributed by atoms with van der Waals surface area (Å²) in [6.07, 6.45) is 0.233. The SMILES string of the molecule is CC1(C)NC(=O)N(CCCC(=O)OCC(=O)Nc2ccccc2Cl)C1=O. The highest BCUT2D eigenvalue weighted by Gasteiger charge is 2.43. The maximum Gasteiger partial charge on any atom is 0.325 e. The van der Waals surface area contributed by atoms with E-state index in [9.17, 15) is 19.2 Å². The monoisotopic (exact) mass is 381 g/mol. The third-order valence-electron chi connectivity index (χ3n) is 3.72. The third-order valence-corrected chi connectivity index (χ3v) is 4.05. The van der Waals surface area contributed by atoms with Crippen LogP contribution in [-0.2, 0) is 19.1 Å². The molecule has 0 atom stereocenters. The van der Waals surface area contributed by atoms with Gasteiger partial charge in [-0.2, -0.15) is 0 Å². The van der Waals surface area contributed by atoms with Crippen molar-refractivity contribution < 1.29 is 23.9 Å². The number of nitrogens with zero attached hydrogens (tertiary/aromatic N) is 1. The zero-order valence-corrected chi connectivity index (χ0v) is 15.3. The Morgan fingerprint density at radius 1 is 1.27 bits per heavy atom. The van der Waals surface area contributed by atoms with E-state index in [0.29, 0.717) is 10.7 Å². The molecule has 1 aliphatic heterocycles. The van der Waals surface area contributed by atoms with Crippen molar-refractivity contribution in [1.82, 2.24) is 10.2 Å². The first kappa shape index (κ1) is 19.7. The number of carbonyl (C=O) groups is 4. The summed E-state index contributed by atoms with van der Waals surface area (Å²) in [6, 6.07) is 6.21. The standard InChI is InChI=1S/C17H20ClN3O5/c1-17(2)15(24)21(16(25)20-17)9-5-8-14(23)26-10-13(22)19-12-7-4-3-6-11(12)18/h3-4,6-7H,5,8-10H2,1-2H3,(H,19,22)(H,20,25). The van der Waals surface area contributed by atoms with Gasteiger partial charge in [0.2, 0.25) is 0 Å². The number of urea groups is 1. The first-order chi connectivity index (χ1) is 12.2. The minimum atomic E-state index is -0.936. The molecule has 0 saturated carbocycles. The fraction of sp³-hybridized carbons (Fsp3) is 0.412. The quantitative estimate of drug-likeness (QED) is 0.554. The zero-order chi connectivity index (χ0) is 19.3. The highest BCUT2D eigenvalue weighted by molar-refractivity contribution is 6.33. The Labute approximate surface area is 155 Å². The number of hydrogen-bond acceptors (Lipinski definition) is 5. The fourth-order valence-electron chi connectivity index (χ4n) is 2.37. The second-order valence-corrected chi connectivity index (χ2v) is 6.71. The van der Waals surface area contributed by atoms with Crippen molar-refractivity contribution in [3.8, 4) is 0 Å². The van der Waals surface area contributed by atoms with Crippen LogP contribution < -0.4 is 10.6 Å². The van der Waals surface area contributed by atoms with E-state index in [2.05, 4.69) is 10.6 Å². The van der Waals surface area contributed by atoms with Crippen LogP contribution in [0.15, 0.2) is 24.3 Å². The average Bonchev–Trinajstić information content (AvgIpc) is 2.76. The summed E-state index contributed by atoms with van der Waals surface area (Å²) in [4.78, 5) is 48.2. The number of para-hydroxylation sites is 1. The zero-order valence-electron chi connectivity index (χ0n) is 14.5. The minimum Gasteiger partial charge on any atom is -0.456 e. The number of carbonyl (C=O) groups excluding carboxylic acids is 4. The van der Waals surface area contributed by atoms with Crippen LogP contribution in [0.4, 0.5) is 10.5 Å². The van der Waals surface area contributed by atoms with E-state index in [4.69, 9.17) is 16.3 Å². The molecule has 1 aromatic rings. The number of anilines is 1. The lowest BCUT2D eigenvalue weighted by Gasteiger charge is -2.15. The van der Waals surface area contributed by atoms with Gasteiger partial charge in [0.05, 0.1) is 10.7 Å². The summed E-state index contributed by atoms with van der Waals surface area (Å²) in [5.74, 6) is -1.44. The fourth-order valence-corrected chi connectivity index (χ4v) is 2.55. The van der Waals surface area contributed by atoms with E-state index in [1.54, 1.807) is 38.1 Å². The van der Waals surface area contributed by atoms with Gasteiger partial charge in [-0.25, -0.2) is 4.79 Å². The molecule has 1 heterocycles. The van der Waals surface area contributed by atoms with Crippen molar-refractivity contribution in [3.63, 3.8) is 0 Å². The van der Waals surface area contributed by atoms with Crippen LogP contribution in [-0.4, -0.2) is 47.4 Å². The molecular weight excluding hydrogens is 362 g/mol. The van der Waals surface area contributed by atoms with Crippen LogP contribution in [0.5, 0.6) is 0 Å². The predicted octanol–water partition coefficient (Wildman–Crippen LogP) is 1.93. The molecule has 0 bridgehead atoms. The van der Waals surface area contributed by atoms with Crippen molar-refractivity contribution in [1.29, 1.82) is 0 Å². The Balaban J connectivity index is 1.69. The number of rotatable bonds is 7. The molecule has 26 heavy (non-hydrogen) atoms. The lowest BCUT2D eigenvalue weighted by molar-refractivity contribution is -0.147. The molecule has 4 amide bonds. The number of amides is 4. The first-order valence-corrected chi connectivity index (χ1v) is 8.42. The van der Waals surface area contributed by atoms with Crippen LogP contribution >= 0.6 is 11.6 Å². The summed E-state index contributed by atoms with van der Waals surface area (Å²) in [6.45, 7) is 2.88. The molecule has 140 valence electrons. The van der Waals surface area contributed by atoms with Crippen LogP contribution in [0.25, 0.3) is 0 Å². The third kappa shape index (κ3) is 4.95. The molecule has 0 spiro atoms. The maximum absolute atomic E-state index is 12.0. The van der Waals surface area contributed by atoms with Crippen molar-refractivity contribution in [2.45, 2.75) is 32.2 Å². The number of halogens is 1. The number of esters is 1. The summed E-state index contributed by atoms with van der Waals surface area (Å²) < 4.78 is 4.88. The van der Waals surface area contributed by atoms with Crippen LogP contribution in [0.2, 0.25) is 5.02 Å². The molecule has 1 saturated heterocycles. The molecule has 2 rings (SSSR count). The normalized spacial score (nSPS) is 15.6. The lowest BCUT2D eigenvalue weighted by atomic mass is 10.1. The lowest BCUT2D eigenvalue weighted by Crippen LogP contribution is -2.40. The van der Waals surface area contributed by atoms with E-state index in [0.717, 1.165) is 4.90 Å². The molecule has 0 unspecified atom stereocenters. The van der Waals surface area contributed by atoms with Gasteiger partial charge in [0.15, 0.2) is 6.61 Å². The maximum atomic E-state index is 12.0. The Hall–Kier alpha value is -2.61. The van der Waals surface area contributed by atoms with Crippen LogP contribution in [0, 0.1) is 0 Å². The van der Waals surface area contributed by atoms with Crippen molar-refractivity contribution >= 4 is 41.1 Å². The molecular formula is C17H20ClN3O5. The van der Waals surface area contributed by atoms with Crippen LogP contribution in [0.1, 0.15) is 26.7 Å². The molecule has 1 aromatic carbocycles. The minimum absolute atomic E-state index is 0.0170. The van der Waals surface area contributed by atoms with Gasteiger partial charge >= 0.3 is 12.0 Å². The number of hydrogen-bond donors (Lipinski definition) is 2. The topological polar surface area (TPSA) is 105 Å². The molecule has 0 radical (unpaired) electrons. The molecule has 1 fully saturated rings. The highest BCUT2D eigenvalue weighted by Crippen LogP contribution is 2.20. The van der Waals surface area contributed by atoms with Gasteiger partial charge in [0.1, 0.15) is 5.54 Å². The van der Waals surface area contributed by atoms with E-state index in [-0.39, 0.29) is 25.3 Å². The summed E-state index contributed by atoms with van der Waals surface area (Å²) in [7, 11) is 0. The highest BCUT2D eigenvalue weighted by atomic mass is 35.5. The first-order valence-electron chi connectivity index (χ1n) is 8.05. The molecule has 2 N–H and O–H groups in total. The van der Waals surface area contributed by atoms with Crippen molar-refractivity contribution in [2.75, 3.05) is 18.5 Å². The van der Waals surface area contributed by atoms with Crippen molar-refractivity contribution in [2.24, 2.45) is 0 Å². The van der Waals surface area contributed by atoms with Gasteiger partial charge in [0, 0.05) is 13.0 Å². The van der Waals surface area contributed by atoms with Gasteiger partial charge < -0.3 is 15.4 Å². The second-order valence-electron chi connectivity index (χ2n) is 6.30. The van der Waals surface area contributed by atoms with Gasteiger partial charge in [-0.3, -0.25) is 19.3 Å². The number of benzene rings is 1. The molecule has 0 aliphatic carbocycles.